The van der Waals surface area contributed by atoms with E-state index in [0.717, 1.165) is 38.1 Å². The molecule has 0 spiro atoms. The van der Waals surface area contributed by atoms with Gasteiger partial charge in [-0.1, -0.05) is 26.7 Å². The zero-order valence-electron chi connectivity index (χ0n) is 11.5. The van der Waals surface area contributed by atoms with E-state index in [1.807, 2.05) is 0 Å². The van der Waals surface area contributed by atoms with E-state index in [0.29, 0.717) is 0 Å². The summed E-state index contributed by atoms with van der Waals surface area (Å²) in [4.78, 5) is 2.65. The average molecular weight is 240 g/mol. The summed E-state index contributed by atoms with van der Waals surface area (Å²) in [5.41, 5.74) is 6.35. The number of hydrogen-bond acceptors (Lipinski definition) is 3. The Hall–Kier alpha value is -0.120. The molecule has 1 saturated carbocycles. The fourth-order valence-corrected chi connectivity index (χ4v) is 3.23. The lowest BCUT2D eigenvalue weighted by atomic mass is 9.97. The minimum Gasteiger partial charge on any atom is -0.379 e. The monoisotopic (exact) mass is 240 g/mol. The normalized spacial score (nSPS) is 30.9. The Morgan fingerprint density at radius 1 is 1.35 bits per heavy atom. The number of nitrogens with zero attached hydrogens (tertiary/aromatic N) is 1. The van der Waals surface area contributed by atoms with Crippen LogP contribution >= 0.6 is 0 Å². The van der Waals surface area contributed by atoms with E-state index >= 15 is 0 Å². The highest BCUT2D eigenvalue weighted by atomic mass is 16.5. The minimum atomic E-state index is -0.0858. The molecule has 1 aliphatic heterocycles. The van der Waals surface area contributed by atoms with Gasteiger partial charge in [0.1, 0.15) is 0 Å². The molecule has 0 aromatic carbocycles. The summed E-state index contributed by atoms with van der Waals surface area (Å²) in [5.74, 6) is 0.724. The maximum Gasteiger partial charge on any atom is 0.0659 e. The first-order valence-electron chi connectivity index (χ1n) is 7.20. The molecule has 2 fully saturated rings. The van der Waals surface area contributed by atoms with E-state index in [1.54, 1.807) is 0 Å². The Bertz CT molecular complexity index is 230. The summed E-state index contributed by atoms with van der Waals surface area (Å²) in [6, 6.07) is 0.776. The van der Waals surface area contributed by atoms with Gasteiger partial charge in [0.25, 0.3) is 0 Å². The van der Waals surface area contributed by atoms with Crippen molar-refractivity contribution in [2.24, 2.45) is 11.7 Å². The van der Waals surface area contributed by atoms with Crippen molar-refractivity contribution in [3.63, 3.8) is 0 Å². The number of nitrogens with two attached hydrogens (primary N) is 1. The van der Waals surface area contributed by atoms with E-state index in [4.69, 9.17) is 10.5 Å². The molecule has 0 bridgehead atoms. The minimum absolute atomic E-state index is 0.0858. The molecule has 0 aromatic rings. The lowest BCUT2D eigenvalue weighted by Gasteiger charge is -2.36. The molecule has 1 heterocycles. The molecule has 0 aromatic heterocycles. The van der Waals surface area contributed by atoms with Crippen molar-refractivity contribution in [3.05, 3.63) is 0 Å². The Kier molecular flexibility index (Phi) is 4.45. The Morgan fingerprint density at radius 3 is 2.59 bits per heavy atom. The molecule has 1 aliphatic carbocycles. The van der Waals surface area contributed by atoms with Crippen LogP contribution in [0.1, 0.15) is 46.0 Å². The SMILES string of the molecule is CC(C)CN(CC1(N)CCOC1)C1CCCC1. The van der Waals surface area contributed by atoms with Crippen LogP contribution in [0, 0.1) is 5.92 Å². The molecule has 3 heteroatoms. The van der Waals surface area contributed by atoms with Crippen molar-refractivity contribution >= 4 is 0 Å². The summed E-state index contributed by atoms with van der Waals surface area (Å²) in [7, 11) is 0. The third kappa shape index (κ3) is 3.67. The molecule has 2 rings (SSSR count). The summed E-state index contributed by atoms with van der Waals surface area (Å²) in [5, 5.41) is 0. The first-order valence-corrected chi connectivity index (χ1v) is 7.20. The van der Waals surface area contributed by atoms with Gasteiger partial charge in [0.2, 0.25) is 0 Å². The maximum atomic E-state index is 6.44. The molecule has 0 radical (unpaired) electrons. The van der Waals surface area contributed by atoms with Crippen LogP contribution in [0.25, 0.3) is 0 Å². The van der Waals surface area contributed by atoms with E-state index in [2.05, 4.69) is 18.7 Å². The van der Waals surface area contributed by atoms with Gasteiger partial charge < -0.3 is 10.5 Å². The number of hydrogen-bond donors (Lipinski definition) is 1. The van der Waals surface area contributed by atoms with Gasteiger partial charge in [0, 0.05) is 25.7 Å². The average Bonchev–Trinajstić information content (AvgIpc) is 2.87. The molecule has 0 amide bonds. The van der Waals surface area contributed by atoms with Crippen molar-refractivity contribution in [1.82, 2.24) is 4.90 Å². The van der Waals surface area contributed by atoms with Crippen LogP contribution in [0.5, 0.6) is 0 Å². The van der Waals surface area contributed by atoms with E-state index in [1.165, 1.54) is 32.2 Å². The van der Waals surface area contributed by atoms with Crippen LogP contribution in [0.4, 0.5) is 0 Å². The van der Waals surface area contributed by atoms with Gasteiger partial charge in [-0.2, -0.15) is 0 Å². The summed E-state index contributed by atoms with van der Waals surface area (Å²) < 4.78 is 5.48. The van der Waals surface area contributed by atoms with Gasteiger partial charge in [0.05, 0.1) is 12.1 Å². The fraction of sp³-hybridized carbons (Fsp3) is 1.00. The third-order valence-corrected chi connectivity index (χ3v) is 4.09. The van der Waals surface area contributed by atoms with Crippen molar-refractivity contribution in [2.45, 2.75) is 57.5 Å². The van der Waals surface area contributed by atoms with Gasteiger partial charge >= 0.3 is 0 Å². The van der Waals surface area contributed by atoms with Gasteiger partial charge in [0.15, 0.2) is 0 Å². The summed E-state index contributed by atoms with van der Waals surface area (Å²) >= 11 is 0. The zero-order valence-corrected chi connectivity index (χ0v) is 11.5. The van der Waals surface area contributed by atoms with Crippen LogP contribution in [0.15, 0.2) is 0 Å². The van der Waals surface area contributed by atoms with Gasteiger partial charge in [-0.3, -0.25) is 4.90 Å². The molecule has 100 valence electrons. The number of rotatable bonds is 5. The van der Waals surface area contributed by atoms with Crippen LogP contribution in [0.2, 0.25) is 0 Å². The fourth-order valence-electron chi connectivity index (χ4n) is 3.23. The van der Waals surface area contributed by atoms with Crippen LogP contribution < -0.4 is 5.73 Å². The Labute approximate surface area is 106 Å². The quantitative estimate of drug-likeness (QED) is 0.799. The predicted octanol–water partition coefficient (Wildman–Crippen LogP) is 2.00. The van der Waals surface area contributed by atoms with E-state index in [-0.39, 0.29) is 5.54 Å². The van der Waals surface area contributed by atoms with Gasteiger partial charge in [-0.05, 0) is 25.2 Å². The van der Waals surface area contributed by atoms with Crippen LogP contribution in [-0.4, -0.2) is 42.8 Å². The van der Waals surface area contributed by atoms with Crippen molar-refractivity contribution in [3.8, 4) is 0 Å². The van der Waals surface area contributed by atoms with E-state index < -0.39 is 0 Å². The predicted molar refractivity (Wildman–Crippen MR) is 71.0 cm³/mol. The molecule has 1 saturated heterocycles. The lowest BCUT2D eigenvalue weighted by Crippen LogP contribution is -2.53. The van der Waals surface area contributed by atoms with Gasteiger partial charge in [-0.15, -0.1) is 0 Å². The highest BCUT2D eigenvalue weighted by Crippen LogP contribution is 2.27. The maximum absolute atomic E-state index is 6.44. The molecule has 3 nitrogen and oxygen atoms in total. The Balaban J connectivity index is 1.94. The lowest BCUT2D eigenvalue weighted by molar-refractivity contribution is 0.118. The smallest absolute Gasteiger partial charge is 0.0659 e. The van der Waals surface area contributed by atoms with E-state index in [9.17, 15) is 0 Å². The molecule has 1 unspecified atom stereocenters. The Morgan fingerprint density at radius 2 is 2.06 bits per heavy atom. The summed E-state index contributed by atoms with van der Waals surface area (Å²) in [6.07, 6.45) is 6.54. The molecule has 2 aliphatic rings. The topological polar surface area (TPSA) is 38.5 Å². The first kappa shape index (κ1) is 13.3. The van der Waals surface area contributed by atoms with Gasteiger partial charge in [-0.25, -0.2) is 0 Å². The zero-order chi connectivity index (χ0) is 12.3. The number of ether oxygens (including phenoxy) is 1. The second-order valence-electron chi connectivity index (χ2n) is 6.43. The second kappa shape index (κ2) is 5.68. The van der Waals surface area contributed by atoms with Crippen molar-refractivity contribution < 1.29 is 4.74 Å². The largest absolute Gasteiger partial charge is 0.379 e. The second-order valence-corrected chi connectivity index (χ2v) is 6.43. The van der Waals surface area contributed by atoms with Crippen molar-refractivity contribution in [1.29, 1.82) is 0 Å². The first-order chi connectivity index (χ1) is 8.09. The van der Waals surface area contributed by atoms with Crippen molar-refractivity contribution in [2.75, 3.05) is 26.3 Å². The summed E-state index contributed by atoms with van der Waals surface area (Å²) in [6.45, 7) is 8.40. The molecule has 2 N–H and O–H groups in total. The standard InChI is InChI=1S/C14H28N2O/c1-12(2)9-16(13-5-3-4-6-13)10-14(15)7-8-17-11-14/h12-13H,3-11,15H2,1-2H3. The highest BCUT2D eigenvalue weighted by Gasteiger charge is 2.35. The van der Waals surface area contributed by atoms with Crippen LogP contribution in [-0.2, 0) is 4.74 Å². The molecule has 17 heavy (non-hydrogen) atoms. The highest BCUT2D eigenvalue weighted by molar-refractivity contribution is 4.93. The van der Waals surface area contributed by atoms with Crippen LogP contribution in [0.3, 0.4) is 0 Å². The molecular weight excluding hydrogens is 212 g/mol. The molecule has 1 atom stereocenters. The molecular formula is C14H28N2O. The third-order valence-electron chi connectivity index (χ3n) is 4.09.